The smallest absolute Gasteiger partial charge is 0.323 e. The number of carboxylic acids is 1. The van der Waals surface area contributed by atoms with Crippen LogP contribution in [-0.4, -0.2) is 40.5 Å². The molecule has 5 nitrogen and oxygen atoms in total. The van der Waals surface area contributed by atoms with Gasteiger partial charge in [0.25, 0.3) is 0 Å². The van der Waals surface area contributed by atoms with E-state index in [1.807, 2.05) is 0 Å². The van der Waals surface area contributed by atoms with E-state index in [-0.39, 0.29) is 18.5 Å². The van der Waals surface area contributed by atoms with Crippen LogP contribution in [0.5, 0.6) is 0 Å². The van der Waals surface area contributed by atoms with E-state index in [1.165, 1.54) is 4.90 Å². The molecule has 1 amide bonds. The van der Waals surface area contributed by atoms with Crippen LogP contribution in [0.1, 0.15) is 19.8 Å². The number of aliphatic carboxylic acids is 1. The van der Waals surface area contributed by atoms with E-state index in [4.69, 9.17) is 10.8 Å². The van der Waals surface area contributed by atoms with Crippen molar-refractivity contribution in [2.24, 2.45) is 5.73 Å². The SMILES string of the molecule is C[C@@H](N)C(=O)N(CC(=O)O)C1CC1. The molecule has 0 saturated heterocycles. The molecule has 1 aliphatic carbocycles. The largest absolute Gasteiger partial charge is 0.480 e. The third-order valence-electron chi connectivity index (χ3n) is 1.97. The number of nitrogens with two attached hydrogens (primary N) is 1. The quantitative estimate of drug-likeness (QED) is 0.614. The van der Waals surface area contributed by atoms with Crippen LogP contribution in [0.3, 0.4) is 0 Å². The van der Waals surface area contributed by atoms with Gasteiger partial charge in [0.15, 0.2) is 0 Å². The first-order valence-electron chi connectivity index (χ1n) is 4.30. The molecule has 0 spiro atoms. The number of nitrogens with zero attached hydrogens (tertiary/aromatic N) is 1. The second kappa shape index (κ2) is 3.74. The van der Waals surface area contributed by atoms with Crippen LogP contribution in [0.2, 0.25) is 0 Å². The minimum absolute atomic E-state index is 0.106. The molecule has 0 unspecified atom stereocenters. The zero-order chi connectivity index (χ0) is 10.0. The summed E-state index contributed by atoms with van der Waals surface area (Å²) in [4.78, 5) is 23.2. The molecule has 1 aliphatic rings. The molecule has 0 aromatic rings. The van der Waals surface area contributed by atoms with Gasteiger partial charge in [0.05, 0.1) is 6.04 Å². The van der Waals surface area contributed by atoms with Crippen molar-refractivity contribution in [2.45, 2.75) is 31.8 Å². The molecule has 1 rings (SSSR count). The van der Waals surface area contributed by atoms with E-state index >= 15 is 0 Å². The van der Waals surface area contributed by atoms with Crippen LogP contribution in [0.15, 0.2) is 0 Å². The molecule has 0 aliphatic heterocycles. The third kappa shape index (κ3) is 2.69. The lowest BCUT2D eigenvalue weighted by Gasteiger charge is -2.21. The first-order valence-corrected chi connectivity index (χ1v) is 4.30. The van der Waals surface area contributed by atoms with E-state index in [1.54, 1.807) is 6.92 Å². The standard InChI is InChI=1S/C8H14N2O3/c1-5(9)8(13)10(4-7(11)12)6-2-3-6/h5-6H,2-4,9H2,1H3,(H,11,12)/t5-/m1/s1. The van der Waals surface area contributed by atoms with Gasteiger partial charge in [-0.25, -0.2) is 0 Å². The van der Waals surface area contributed by atoms with Gasteiger partial charge in [0.1, 0.15) is 6.54 Å². The summed E-state index contributed by atoms with van der Waals surface area (Å²) >= 11 is 0. The summed E-state index contributed by atoms with van der Waals surface area (Å²) in [6.07, 6.45) is 1.79. The van der Waals surface area contributed by atoms with Crippen LogP contribution in [0.4, 0.5) is 0 Å². The molecule has 13 heavy (non-hydrogen) atoms. The van der Waals surface area contributed by atoms with Crippen molar-refractivity contribution in [1.29, 1.82) is 0 Å². The number of hydrogen-bond donors (Lipinski definition) is 2. The lowest BCUT2D eigenvalue weighted by molar-refractivity contribution is -0.145. The molecular formula is C8H14N2O3. The first-order chi connectivity index (χ1) is 6.02. The number of hydrogen-bond acceptors (Lipinski definition) is 3. The van der Waals surface area contributed by atoms with Crippen molar-refractivity contribution in [3.05, 3.63) is 0 Å². The van der Waals surface area contributed by atoms with Crippen molar-refractivity contribution < 1.29 is 14.7 Å². The zero-order valence-electron chi connectivity index (χ0n) is 7.56. The molecule has 1 atom stereocenters. The van der Waals surface area contributed by atoms with E-state index < -0.39 is 12.0 Å². The van der Waals surface area contributed by atoms with Crippen LogP contribution < -0.4 is 5.73 Å². The fourth-order valence-electron chi connectivity index (χ4n) is 1.18. The molecule has 3 N–H and O–H groups in total. The summed E-state index contributed by atoms with van der Waals surface area (Å²) in [5.41, 5.74) is 5.39. The van der Waals surface area contributed by atoms with Gasteiger partial charge >= 0.3 is 5.97 Å². The summed E-state index contributed by atoms with van der Waals surface area (Å²) in [6, 6.07) is -0.505. The van der Waals surface area contributed by atoms with Crippen molar-refractivity contribution in [2.75, 3.05) is 6.54 Å². The number of amides is 1. The fourth-order valence-corrected chi connectivity index (χ4v) is 1.18. The highest BCUT2D eigenvalue weighted by Gasteiger charge is 2.34. The van der Waals surface area contributed by atoms with Gasteiger partial charge < -0.3 is 15.7 Å². The lowest BCUT2D eigenvalue weighted by atomic mass is 10.3. The number of carbonyl (C=O) groups excluding carboxylic acids is 1. The fraction of sp³-hybridized carbons (Fsp3) is 0.750. The Morgan fingerprint density at radius 2 is 2.15 bits per heavy atom. The van der Waals surface area contributed by atoms with Crippen molar-refractivity contribution in [3.8, 4) is 0 Å². The average molecular weight is 186 g/mol. The average Bonchev–Trinajstić information content (AvgIpc) is 2.80. The van der Waals surface area contributed by atoms with Crippen LogP contribution in [-0.2, 0) is 9.59 Å². The Hall–Kier alpha value is -1.10. The van der Waals surface area contributed by atoms with Gasteiger partial charge in [-0.1, -0.05) is 0 Å². The monoisotopic (exact) mass is 186 g/mol. The highest BCUT2D eigenvalue weighted by Crippen LogP contribution is 2.26. The maximum absolute atomic E-state index is 11.4. The topological polar surface area (TPSA) is 83.6 Å². The molecule has 1 saturated carbocycles. The lowest BCUT2D eigenvalue weighted by Crippen LogP contribution is -2.45. The zero-order valence-corrected chi connectivity index (χ0v) is 7.56. The van der Waals surface area contributed by atoms with Gasteiger partial charge in [-0.3, -0.25) is 9.59 Å². The Morgan fingerprint density at radius 1 is 1.62 bits per heavy atom. The molecule has 74 valence electrons. The normalized spacial score (nSPS) is 18.0. The van der Waals surface area contributed by atoms with Crippen molar-refractivity contribution in [3.63, 3.8) is 0 Å². The van der Waals surface area contributed by atoms with Crippen LogP contribution in [0, 0.1) is 0 Å². The minimum Gasteiger partial charge on any atom is -0.480 e. The second-order valence-electron chi connectivity index (χ2n) is 3.38. The Morgan fingerprint density at radius 3 is 2.46 bits per heavy atom. The molecule has 0 radical (unpaired) electrons. The van der Waals surface area contributed by atoms with Gasteiger partial charge in [-0.05, 0) is 19.8 Å². The first kappa shape index (κ1) is 9.98. The summed E-state index contributed by atoms with van der Waals surface area (Å²) < 4.78 is 0. The Bertz CT molecular complexity index is 223. The number of rotatable bonds is 4. The summed E-state index contributed by atoms with van der Waals surface area (Å²) in [6.45, 7) is 1.34. The van der Waals surface area contributed by atoms with Gasteiger partial charge in [-0.2, -0.15) is 0 Å². The molecule has 1 fully saturated rings. The van der Waals surface area contributed by atoms with Crippen LogP contribution >= 0.6 is 0 Å². The number of carbonyl (C=O) groups is 2. The van der Waals surface area contributed by atoms with Crippen molar-refractivity contribution in [1.82, 2.24) is 4.90 Å². The second-order valence-corrected chi connectivity index (χ2v) is 3.38. The molecule has 5 heteroatoms. The predicted molar refractivity (Wildman–Crippen MR) is 46.0 cm³/mol. The van der Waals surface area contributed by atoms with E-state index in [9.17, 15) is 9.59 Å². The molecule has 0 heterocycles. The van der Waals surface area contributed by atoms with Crippen molar-refractivity contribution >= 4 is 11.9 Å². The van der Waals surface area contributed by atoms with Gasteiger partial charge in [0, 0.05) is 6.04 Å². The molecule has 0 bridgehead atoms. The highest BCUT2D eigenvalue weighted by atomic mass is 16.4. The maximum Gasteiger partial charge on any atom is 0.323 e. The van der Waals surface area contributed by atoms with E-state index in [0.29, 0.717) is 0 Å². The predicted octanol–water partition coefficient (Wildman–Crippen LogP) is -0.591. The summed E-state index contributed by atoms with van der Waals surface area (Å²) in [5.74, 6) is -1.26. The molecular weight excluding hydrogens is 172 g/mol. The molecule has 0 aromatic carbocycles. The van der Waals surface area contributed by atoms with Gasteiger partial charge in [0.2, 0.25) is 5.91 Å². The number of carboxylic acid groups (broad SMARTS) is 1. The van der Waals surface area contributed by atoms with Gasteiger partial charge in [-0.15, -0.1) is 0 Å². The molecule has 0 aromatic heterocycles. The summed E-state index contributed by atoms with van der Waals surface area (Å²) in [5, 5.41) is 8.56. The summed E-state index contributed by atoms with van der Waals surface area (Å²) in [7, 11) is 0. The Balaban J connectivity index is 2.56. The van der Waals surface area contributed by atoms with Crippen LogP contribution in [0.25, 0.3) is 0 Å². The highest BCUT2D eigenvalue weighted by molar-refractivity contribution is 5.85. The minimum atomic E-state index is -0.985. The Labute approximate surface area is 76.5 Å². The van der Waals surface area contributed by atoms with E-state index in [0.717, 1.165) is 12.8 Å². The Kier molecular flexibility index (Phi) is 2.87. The third-order valence-corrected chi connectivity index (χ3v) is 1.97. The van der Waals surface area contributed by atoms with E-state index in [2.05, 4.69) is 0 Å². The maximum atomic E-state index is 11.4.